The Balaban J connectivity index is 2.79. The highest BCUT2D eigenvalue weighted by Gasteiger charge is 2.21. The van der Waals surface area contributed by atoms with Gasteiger partial charge in [0.15, 0.2) is 5.78 Å². The molecule has 0 bridgehead atoms. The van der Waals surface area contributed by atoms with Gasteiger partial charge >= 0.3 is 0 Å². The molecule has 76 valence electrons. The lowest BCUT2D eigenvalue weighted by Crippen LogP contribution is -2.13. The first-order valence-electron chi connectivity index (χ1n) is 4.36. The van der Waals surface area contributed by atoms with Gasteiger partial charge in [0.05, 0.1) is 0 Å². The van der Waals surface area contributed by atoms with Crippen LogP contribution in [0.3, 0.4) is 0 Å². The summed E-state index contributed by atoms with van der Waals surface area (Å²) in [5.41, 5.74) is 1.09. The molecule has 0 saturated heterocycles. The molecule has 0 N–H and O–H groups in total. The Labute approximate surface area is 81.7 Å². The van der Waals surface area contributed by atoms with Crippen LogP contribution in [0, 0.1) is 0 Å². The minimum Gasteiger partial charge on any atom is -0.295 e. The van der Waals surface area contributed by atoms with Gasteiger partial charge in [0.1, 0.15) is 0 Å². The van der Waals surface area contributed by atoms with Crippen LogP contribution in [0.4, 0.5) is 8.78 Å². The molecule has 1 rings (SSSR count). The molecular formula is C11H12F2O. The fourth-order valence-electron chi connectivity index (χ4n) is 1.22. The summed E-state index contributed by atoms with van der Waals surface area (Å²) in [5, 5.41) is 0. The van der Waals surface area contributed by atoms with Gasteiger partial charge in [0, 0.05) is 12.0 Å². The molecule has 1 nitrogen and oxygen atoms in total. The lowest BCUT2D eigenvalue weighted by Gasteiger charge is -2.09. The molecule has 0 fully saturated rings. The van der Waals surface area contributed by atoms with Crippen LogP contribution in [0.15, 0.2) is 24.3 Å². The number of carbonyl (C=O) groups is 1. The number of hydrogen-bond donors (Lipinski definition) is 0. The first kappa shape index (κ1) is 10.8. The second-order valence-electron chi connectivity index (χ2n) is 3.50. The first-order valence-corrected chi connectivity index (χ1v) is 4.36. The predicted octanol–water partition coefficient (Wildman–Crippen LogP) is 3.09. The van der Waals surface area contributed by atoms with E-state index < -0.39 is 5.92 Å². The first-order chi connectivity index (χ1) is 6.38. The Hall–Kier alpha value is -1.25. The standard InChI is InChI=1S/C11H12F2O/c1-8(14)10-5-3-9(4-6-10)7-11(2,12)13/h3-6H,7H2,1-2H3. The van der Waals surface area contributed by atoms with E-state index >= 15 is 0 Å². The van der Waals surface area contributed by atoms with E-state index in [1.165, 1.54) is 6.92 Å². The van der Waals surface area contributed by atoms with Gasteiger partial charge < -0.3 is 0 Å². The zero-order valence-electron chi connectivity index (χ0n) is 8.18. The van der Waals surface area contributed by atoms with Gasteiger partial charge in [-0.05, 0) is 19.4 Å². The largest absolute Gasteiger partial charge is 0.295 e. The Morgan fingerprint density at radius 2 is 1.79 bits per heavy atom. The molecule has 0 aromatic heterocycles. The molecule has 0 aliphatic rings. The molecule has 14 heavy (non-hydrogen) atoms. The van der Waals surface area contributed by atoms with Gasteiger partial charge in [0.25, 0.3) is 0 Å². The van der Waals surface area contributed by atoms with E-state index in [0.717, 1.165) is 6.92 Å². The van der Waals surface area contributed by atoms with E-state index in [1.807, 2.05) is 0 Å². The number of carbonyl (C=O) groups excluding carboxylic acids is 1. The summed E-state index contributed by atoms with van der Waals surface area (Å²) in [6.45, 7) is 2.33. The monoisotopic (exact) mass is 198 g/mol. The van der Waals surface area contributed by atoms with Crippen LogP contribution in [-0.2, 0) is 6.42 Å². The summed E-state index contributed by atoms with van der Waals surface area (Å²) in [7, 11) is 0. The van der Waals surface area contributed by atoms with Crippen LogP contribution in [0.5, 0.6) is 0 Å². The summed E-state index contributed by atoms with van der Waals surface area (Å²) in [4.78, 5) is 10.9. The highest BCUT2D eigenvalue weighted by atomic mass is 19.3. The molecule has 1 aromatic carbocycles. The maximum atomic E-state index is 12.6. The average molecular weight is 198 g/mol. The van der Waals surface area contributed by atoms with Crippen molar-refractivity contribution in [1.29, 1.82) is 0 Å². The van der Waals surface area contributed by atoms with Crippen molar-refractivity contribution in [3.8, 4) is 0 Å². The maximum Gasteiger partial charge on any atom is 0.249 e. The lowest BCUT2D eigenvalue weighted by molar-refractivity contribution is 0.0226. The number of ketones is 1. The number of alkyl halides is 2. The zero-order chi connectivity index (χ0) is 10.8. The quantitative estimate of drug-likeness (QED) is 0.682. The fraction of sp³-hybridized carbons (Fsp3) is 0.364. The highest BCUT2D eigenvalue weighted by Crippen LogP contribution is 2.19. The van der Waals surface area contributed by atoms with Crippen molar-refractivity contribution in [2.45, 2.75) is 26.2 Å². The van der Waals surface area contributed by atoms with E-state index in [9.17, 15) is 13.6 Å². The van der Waals surface area contributed by atoms with E-state index in [-0.39, 0.29) is 12.2 Å². The van der Waals surface area contributed by atoms with Crippen molar-refractivity contribution in [1.82, 2.24) is 0 Å². The van der Waals surface area contributed by atoms with Crippen molar-refractivity contribution in [3.05, 3.63) is 35.4 Å². The van der Waals surface area contributed by atoms with Crippen molar-refractivity contribution in [3.63, 3.8) is 0 Å². The van der Waals surface area contributed by atoms with E-state index in [4.69, 9.17) is 0 Å². The third kappa shape index (κ3) is 3.24. The normalized spacial score (nSPS) is 11.4. The maximum absolute atomic E-state index is 12.6. The Kier molecular flexibility index (Phi) is 2.99. The van der Waals surface area contributed by atoms with E-state index in [0.29, 0.717) is 11.1 Å². The number of halogens is 2. The second-order valence-corrected chi connectivity index (χ2v) is 3.50. The summed E-state index contributed by atoms with van der Waals surface area (Å²) in [6, 6.07) is 6.27. The molecular weight excluding hydrogens is 186 g/mol. The second kappa shape index (κ2) is 3.86. The third-order valence-electron chi connectivity index (χ3n) is 1.87. The predicted molar refractivity (Wildman–Crippen MR) is 50.8 cm³/mol. The molecule has 0 saturated carbocycles. The Morgan fingerprint density at radius 1 is 1.29 bits per heavy atom. The SMILES string of the molecule is CC(=O)c1ccc(CC(C)(F)F)cc1. The molecule has 0 heterocycles. The van der Waals surface area contributed by atoms with Crippen LogP contribution in [0.25, 0.3) is 0 Å². The van der Waals surface area contributed by atoms with E-state index in [1.54, 1.807) is 24.3 Å². The molecule has 0 unspecified atom stereocenters. The molecule has 0 amide bonds. The molecule has 1 aromatic rings. The van der Waals surface area contributed by atoms with Crippen molar-refractivity contribution >= 4 is 5.78 Å². The van der Waals surface area contributed by atoms with Crippen LogP contribution in [0.2, 0.25) is 0 Å². The smallest absolute Gasteiger partial charge is 0.249 e. The van der Waals surface area contributed by atoms with Crippen molar-refractivity contribution in [2.24, 2.45) is 0 Å². The molecule has 0 spiro atoms. The topological polar surface area (TPSA) is 17.1 Å². The highest BCUT2D eigenvalue weighted by molar-refractivity contribution is 5.93. The van der Waals surface area contributed by atoms with Gasteiger partial charge in [-0.3, -0.25) is 4.79 Å². The van der Waals surface area contributed by atoms with Gasteiger partial charge in [0.2, 0.25) is 5.92 Å². The minimum absolute atomic E-state index is 0.0557. The summed E-state index contributed by atoms with van der Waals surface area (Å²) in [6.07, 6.45) is -0.287. The summed E-state index contributed by atoms with van der Waals surface area (Å²) in [5.74, 6) is -2.75. The van der Waals surface area contributed by atoms with Gasteiger partial charge in [-0.1, -0.05) is 24.3 Å². The summed E-state index contributed by atoms with van der Waals surface area (Å²) < 4.78 is 25.2. The molecule has 0 aliphatic carbocycles. The van der Waals surface area contributed by atoms with Crippen LogP contribution >= 0.6 is 0 Å². The van der Waals surface area contributed by atoms with Gasteiger partial charge in [-0.15, -0.1) is 0 Å². The Bertz CT molecular complexity index is 322. The van der Waals surface area contributed by atoms with Crippen LogP contribution < -0.4 is 0 Å². The molecule has 0 radical (unpaired) electrons. The number of hydrogen-bond acceptors (Lipinski definition) is 1. The Morgan fingerprint density at radius 3 is 2.14 bits per heavy atom. The average Bonchev–Trinajstić information content (AvgIpc) is 2.02. The zero-order valence-corrected chi connectivity index (χ0v) is 8.18. The lowest BCUT2D eigenvalue weighted by atomic mass is 10.0. The van der Waals surface area contributed by atoms with Crippen LogP contribution in [-0.4, -0.2) is 11.7 Å². The molecule has 0 aliphatic heterocycles. The minimum atomic E-state index is -2.70. The van der Waals surface area contributed by atoms with Crippen LogP contribution in [0.1, 0.15) is 29.8 Å². The van der Waals surface area contributed by atoms with Gasteiger partial charge in [-0.2, -0.15) is 0 Å². The molecule has 0 atom stereocenters. The number of Topliss-reactive ketones (excluding diaryl/α,β-unsaturated/α-hetero) is 1. The van der Waals surface area contributed by atoms with Gasteiger partial charge in [-0.25, -0.2) is 8.78 Å². The fourth-order valence-corrected chi connectivity index (χ4v) is 1.22. The molecule has 3 heteroatoms. The number of benzene rings is 1. The third-order valence-corrected chi connectivity index (χ3v) is 1.87. The van der Waals surface area contributed by atoms with E-state index in [2.05, 4.69) is 0 Å². The van der Waals surface area contributed by atoms with Crippen molar-refractivity contribution in [2.75, 3.05) is 0 Å². The number of rotatable bonds is 3. The van der Waals surface area contributed by atoms with Crippen molar-refractivity contribution < 1.29 is 13.6 Å². The summed E-state index contributed by atoms with van der Waals surface area (Å²) >= 11 is 0.